The number of rotatable bonds is 5. The minimum atomic E-state index is -0.199. The number of aryl methyl sites for hydroxylation is 1. The molecular formula is C29H27BrN4O2S. The summed E-state index contributed by atoms with van der Waals surface area (Å²) in [7, 11) is 0. The standard InChI is InChI=1S/C29H27BrN4O2S/c1-19-5-10-22(23(30)18-19)25-11-12-26(36-25)28-27(24-4-2-3-13-31-24)32-29(37)34(28)21-8-6-20(7-9-21)33-14-16-35-17-15-33/h2-13,18,27-28H,14-17H2,1H3,(H,32,37)/t27-,28+/m0/s1. The van der Waals surface area contributed by atoms with E-state index >= 15 is 0 Å². The summed E-state index contributed by atoms with van der Waals surface area (Å²) in [6, 6.07) is 24.5. The molecular weight excluding hydrogens is 548 g/mol. The van der Waals surface area contributed by atoms with Crippen LogP contribution in [0, 0.1) is 6.92 Å². The molecule has 37 heavy (non-hydrogen) atoms. The van der Waals surface area contributed by atoms with E-state index in [4.69, 9.17) is 21.4 Å². The van der Waals surface area contributed by atoms with Gasteiger partial charge in [0.05, 0.1) is 24.9 Å². The van der Waals surface area contributed by atoms with Gasteiger partial charge in [-0.25, -0.2) is 0 Å². The van der Waals surface area contributed by atoms with Gasteiger partial charge in [0.15, 0.2) is 5.11 Å². The highest BCUT2D eigenvalue weighted by Crippen LogP contribution is 2.43. The second-order valence-electron chi connectivity index (χ2n) is 9.30. The zero-order valence-corrected chi connectivity index (χ0v) is 22.8. The summed E-state index contributed by atoms with van der Waals surface area (Å²) in [4.78, 5) is 9.14. The van der Waals surface area contributed by atoms with Crippen molar-refractivity contribution < 1.29 is 9.15 Å². The van der Waals surface area contributed by atoms with Crippen molar-refractivity contribution in [2.75, 3.05) is 36.1 Å². The Kier molecular flexibility index (Phi) is 6.71. The molecule has 2 aliphatic rings. The van der Waals surface area contributed by atoms with Crippen LogP contribution in [0.15, 0.2) is 87.9 Å². The molecule has 0 aliphatic carbocycles. The highest BCUT2D eigenvalue weighted by atomic mass is 79.9. The van der Waals surface area contributed by atoms with Gasteiger partial charge in [0, 0.05) is 40.7 Å². The average molecular weight is 576 g/mol. The van der Waals surface area contributed by atoms with E-state index in [0.29, 0.717) is 5.11 Å². The largest absolute Gasteiger partial charge is 0.459 e. The molecule has 2 fully saturated rings. The van der Waals surface area contributed by atoms with E-state index in [9.17, 15) is 0 Å². The molecule has 1 N–H and O–H groups in total. The normalized spacial score (nSPS) is 19.8. The first-order chi connectivity index (χ1) is 18.1. The number of ether oxygens (including phenoxy) is 1. The monoisotopic (exact) mass is 574 g/mol. The molecule has 0 unspecified atom stereocenters. The van der Waals surface area contributed by atoms with Crippen molar-refractivity contribution in [2.24, 2.45) is 0 Å². The van der Waals surface area contributed by atoms with Crippen molar-refractivity contribution in [1.82, 2.24) is 10.3 Å². The Balaban J connectivity index is 1.38. The van der Waals surface area contributed by atoms with E-state index in [1.54, 1.807) is 0 Å². The summed E-state index contributed by atoms with van der Waals surface area (Å²) in [5.41, 5.74) is 5.31. The number of furan rings is 1. The Labute approximate surface area is 230 Å². The number of hydrogen-bond acceptors (Lipinski definition) is 5. The minimum Gasteiger partial charge on any atom is -0.459 e. The van der Waals surface area contributed by atoms with Crippen molar-refractivity contribution in [3.05, 3.63) is 100 Å². The number of thiocarbonyl (C=S) groups is 1. The third-order valence-corrected chi connectivity index (χ3v) is 7.88. The molecule has 0 saturated carbocycles. The number of pyridine rings is 1. The molecule has 8 heteroatoms. The van der Waals surface area contributed by atoms with Crippen molar-refractivity contribution >= 4 is 44.6 Å². The second kappa shape index (κ2) is 10.3. The zero-order valence-electron chi connectivity index (χ0n) is 20.4. The van der Waals surface area contributed by atoms with Crippen LogP contribution in [0.3, 0.4) is 0 Å². The van der Waals surface area contributed by atoms with Gasteiger partial charge in [-0.05, 0) is 85.4 Å². The van der Waals surface area contributed by atoms with Gasteiger partial charge in [0.1, 0.15) is 17.6 Å². The van der Waals surface area contributed by atoms with E-state index in [1.165, 1.54) is 11.3 Å². The van der Waals surface area contributed by atoms with Gasteiger partial charge in [-0.15, -0.1) is 0 Å². The van der Waals surface area contributed by atoms with Crippen LogP contribution in [0.25, 0.3) is 11.3 Å². The SMILES string of the molecule is Cc1ccc(-c2ccc([C@@H]3[C@H](c4ccccn4)NC(=S)N3c3ccc(N4CCOCC4)cc3)o2)c(Br)c1. The fraction of sp³-hybridized carbons (Fsp3) is 0.241. The maximum Gasteiger partial charge on any atom is 0.174 e. The number of hydrogen-bond donors (Lipinski definition) is 1. The van der Waals surface area contributed by atoms with Gasteiger partial charge in [-0.2, -0.15) is 0 Å². The molecule has 2 atom stereocenters. The van der Waals surface area contributed by atoms with Crippen LogP contribution in [0.5, 0.6) is 0 Å². The summed E-state index contributed by atoms with van der Waals surface area (Å²) >= 11 is 9.58. The molecule has 0 bridgehead atoms. The maximum atomic E-state index is 6.52. The Morgan fingerprint density at radius 2 is 1.76 bits per heavy atom. The smallest absolute Gasteiger partial charge is 0.174 e. The number of anilines is 2. The van der Waals surface area contributed by atoms with Crippen LogP contribution in [-0.4, -0.2) is 36.4 Å². The second-order valence-corrected chi connectivity index (χ2v) is 10.5. The quantitative estimate of drug-likeness (QED) is 0.276. The van der Waals surface area contributed by atoms with Gasteiger partial charge in [0.25, 0.3) is 0 Å². The van der Waals surface area contributed by atoms with Gasteiger partial charge in [-0.1, -0.05) is 28.1 Å². The van der Waals surface area contributed by atoms with Gasteiger partial charge < -0.3 is 24.3 Å². The number of nitrogens with zero attached hydrogens (tertiary/aromatic N) is 3. The highest BCUT2D eigenvalue weighted by molar-refractivity contribution is 9.10. The Bertz CT molecular complexity index is 1400. The van der Waals surface area contributed by atoms with Gasteiger partial charge in [-0.3, -0.25) is 4.98 Å². The Hall–Kier alpha value is -3.20. The average Bonchev–Trinajstić information content (AvgIpc) is 3.54. The zero-order chi connectivity index (χ0) is 25.4. The summed E-state index contributed by atoms with van der Waals surface area (Å²) in [6.45, 7) is 5.39. The fourth-order valence-corrected chi connectivity index (χ4v) is 6.08. The van der Waals surface area contributed by atoms with E-state index in [0.717, 1.165) is 59.2 Å². The molecule has 2 aromatic heterocycles. The van der Waals surface area contributed by atoms with E-state index in [1.807, 2.05) is 36.5 Å². The topological polar surface area (TPSA) is 53.8 Å². The van der Waals surface area contributed by atoms with Gasteiger partial charge in [0.2, 0.25) is 0 Å². The van der Waals surface area contributed by atoms with Crippen LogP contribution >= 0.6 is 28.1 Å². The van der Waals surface area contributed by atoms with Crippen LogP contribution in [0.2, 0.25) is 0 Å². The lowest BCUT2D eigenvalue weighted by Crippen LogP contribution is -2.36. The number of benzene rings is 2. The van der Waals surface area contributed by atoms with Crippen molar-refractivity contribution in [1.29, 1.82) is 0 Å². The Morgan fingerprint density at radius 3 is 2.49 bits per heavy atom. The number of halogens is 1. The third-order valence-electron chi connectivity index (χ3n) is 6.91. The van der Waals surface area contributed by atoms with Crippen molar-refractivity contribution in [3.63, 3.8) is 0 Å². The third kappa shape index (κ3) is 4.77. The molecule has 6 rings (SSSR count). The number of aromatic nitrogens is 1. The molecule has 0 spiro atoms. The van der Waals surface area contributed by atoms with E-state index < -0.39 is 0 Å². The van der Waals surface area contributed by atoms with Crippen LogP contribution in [0.1, 0.15) is 29.1 Å². The molecule has 0 radical (unpaired) electrons. The molecule has 4 heterocycles. The lowest BCUT2D eigenvalue weighted by Gasteiger charge is -2.30. The van der Waals surface area contributed by atoms with Crippen molar-refractivity contribution in [3.8, 4) is 11.3 Å². The predicted molar refractivity (Wildman–Crippen MR) is 154 cm³/mol. The first kappa shape index (κ1) is 24.2. The number of morpholine rings is 1. The van der Waals surface area contributed by atoms with E-state index in [-0.39, 0.29) is 12.1 Å². The molecule has 4 aromatic rings. The predicted octanol–water partition coefficient (Wildman–Crippen LogP) is 6.43. The minimum absolute atomic E-state index is 0.159. The summed E-state index contributed by atoms with van der Waals surface area (Å²) in [5, 5.41) is 4.16. The van der Waals surface area contributed by atoms with Crippen LogP contribution < -0.4 is 15.1 Å². The molecule has 6 nitrogen and oxygen atoms in total. The maximum absolute atomic E-state index is 6.52. The first-order valence-corrected chi connectivity index (χ1v) is 13.6. The molecule has 2 aliphatic heterocycles. The van der Waals surface area contributed by atoms with Crippen LogP contribution in [-0.2, 0) is 4.74 Å². The first-order valence-electron chi connectivity index (χ1n) is 12.4. The summed E-state index contributed by atoms with van der Waals surface area (Å²) < 4.78 is 13.0. The molecule has 2 aromatic carbocycles. The number of nitrogens with one attached hydrogen (secondary N) is 1. The Morgan fingerprint density at radius 1 is 0.973 bits per heavy atom. The van der Waals surface area contributed by atoms with Gasteiger partial charge >= 0.3 is 0 Å². The van der Waals surface area contributed by atoms with Crippen LogP contribution in [0.4, 0.5) is 11.4 Å². The van der Waals surface area contributed by atoms with E-state index in [2.05, 4.69) is 85.4 Å². The fourth-order valence-electron chi connectivity index (χ4n) is 5.04. The lowest BCUT2D eigenvalue weighted by atomic mass is 10.0. The summed E-state index contributed by atoms with van der Waals surface area (Å²) in [5.74, 6) is 1.63. The molecule has 188 valence electrons. The highest BCUT2D eigenvalue weighted by Gasteiger charge is 2.42. The molecule has 0 amide bonds. The lowest BCUT2D eigenvalue weighted by molar-refractivity contribution is 0.122. The molecule has 2 saturated heterocycles. The summed E-state index contributed by atoms with van der Waals surface area (Å²) in [6.07, 6.45) is 1.81. The van der Waals surface area contributed by atoms with Crippen molar-refractivity contribution in [2.45, 2.75) is 19.0 Å².